The Kier molecular flexibility index (Phi) is 3.30. The van der Waals surface area contributed by atoms with Crippen molar-refractivity contribution in [3.05, 3.63) is 64.2 Å². The fourth-order valence-electron chi connectivity index (χ4n) is 1.54. The fraction of sp³-hybridized carbons (Fsp3) is 0. The first kappa shape index (κ1) is 12.5. The number of nitrogens with two attached hydrogens (primary N) is 1. The molecule has 2 aromatic carbocycles. The number of hydrogen-bond donors (Lipinski definition) is 1. The number of anilines is 1. The topological polar surface area (TPSA) is 43.1 Å². The highest BCUT2D eigenvalue weighted by Gasteiger charge is 2.12. The van der Waals surface area contributed by atoms with Gasteiger partial charge in [-0.15, -0.1) is 0 Å². The van der Waals surface area contributed by atoms with E-state index < -0.39 is 17.4 Å². The van der Waals surface area contributed by atoms with Gasteiger partial charge in [-0.25, -0.2) is 8.78 Å². The molecule has 0 atom stereocenters. The Balaban J connectivity index is 2.44. The molecule has 0 aromatic heterocycles. The molecule has 0 aliphatic heterocycles. The van der Waals surface area contributed by atoms with Crippen LogP contribution in [-0.2, 0) is 0 Å². The van der Waals surface area contributed by atoms with Crippen LogP contribution in [0.25, 0.3) is 0 Å². The predicted molar refractivity (Wildman–Crippen MR) is 65.7 cm³/mol. The van der Waals surface area contributed by atoms with Crippen molar-refractivity contribution >= 4 is 23.1 Å². The van der Waals surface area contributed by atoms with Crippen LogP contribution in [-0.4, -0.2) is 5.78 Å². The third kappa shape index (κ3) is 2.49. The minimum absolute atomic E-state index is 0.0748. The summed E-state index contributed by atoms with van der Waals surface area (Å²) in [6.45, 7) is 0. The molecule has 92 valence electrons. The van der Waals surface area contributed by atoms with E-state index in [2.05, 4.69) is 0 Å². The zero-order valence-corrected chi connectivity index (χ0v) is 9.84. The van der Waals surface area contributed by atoms with Gasteiger partial charge in [0, 0.05) is 17.2 Å². The molecule has 0 aliphatic rings. The van der Waals surface area contributed by atoms with Gasteiger partial charge in [-0.1, -0.05) is 11.6 Å². The monoisotopic (exact) mass is 267 g/mol. The lowest BCUT2D eigenvalue weighted by atomic mass is 10.0. The summed E-state index contributed by atoms with van der Waals surface area (Å²) in [5.74, 6) is -2.13. The summed E-state index contributed by atoms with van der Waals surface area (Å²) in [6.07, 6.45) is 0. The second-order valence-corrected chi connectivity index (χ2v) is 4.13. The number of nitrogen functional groups attached to an aromatic ring is 1. The fourth-order valence-corrected chi connectivity index (χ4v) is 1.65. The van der Waals surface area contributed by atoms with Gasteiger partial charge in [-0.05, 0) is 30.3 Å². The van der Waals surface area contributed by atoms with Crippen LogP contribution in [0, 0.1) is 11.6 Å². The molecule has 2 N–H and O–H groups in total. The van der Waals surface area contributed by atoms with E-state index in [0.29, 0.717) is 11.1 Å². The highest BCUT2D eigenvalue weighted by molar-refractivity contribution is 6.33. The summed E-state index contributed by atoms with van der Waals surface area (Å²) in [5, 5.41) is 0.317. The lowest BCUT2D eigenvalue weighted by molar-refractivity contribution is 0.103. The molecule has 0 saturated heterocycles. The molecule has 0 heterocycles. The van der Waals surface area contributed by atoms with Gasteiger partial charge in [0.05, 0.1) is 10.7 Å². The van der Waals surface area contributed by atoms with Crippen molar-refractivity contribution in [1.29, 1.82) is 0 Å². The van der Waals surface area contributed by atoms with Crippen LogP contribution in [0.3, 0.4) is 0 Å². The Morgan fingerprint density at radius 2 is 1.61 bits per heavy atom. The average molecular weight is 268 g/mol. The number of rotatable bonds is 2. The maximum Gasteiger partial charge on any atom is 0.193 e. The van der Waals surface area contributed by atoms with Gasteiger partial charge in [0.2, 0.25) is 0 Å². The number of ketones is 1. The molecule has 5 heteroatoms. The zero-order valence-electron chi connectivity index (χ0n) is 9.08. The normalized spacial score (nSPS) is 10.4. The standard InChI is InChI=1S/C13H8ClF2NO/c14-11-2-1-7(5-12(11)17)13(18)8-3-9(15)6-10(16)4-8/h1-6H,17H2. The van der Waals surface area contributed by atoms with Crippen molar-refractivity contribution in [1.82, 2.24) is 0 Å². The molecule has 0 fully saturated rings. The molecular formula is C13H8ClF2NO. The van der Waals surface area contributed by atoms with Crippen LogP contribution in [0.1, 0.15) is 15.9 Å². The van der Waals surface area contributed by atoms with Crippen molar-refractivity contribution in [2.75, 3.05) is 5.73 Å². The molecule has 18 heavy (non-hydrogen) atoms. The van der Waals surface area contributed by atoms with Crippen molar-refractivity contribution in [3.8, 4) is 0 Å². The Hall–Kier alpha value is -1.94. The van der Waals surface area contributed by atoms with E-state index in [4.69, 9.17) is 17.3 Å². The van der Waals surface area contributed by atoms with Gasteiger partial charge in [0.1, 0.15) is 11.6 Å². The zero-order chi connectivity index (χ0) is 13.3. The van der Waals surface area contributed by atoms with E-state index in [0.717, 1.165) is 12.1 Å². The minimum Gasteiger partial charge on any atom is -0.398 e. The summed E-state index contributed by atoms with van der Waals surface area (Å²) in [4.78, 5) is 12.0. The average Bonchev–Trinajstić information content (AvgIpc) is 2.30. The molecule has 0 saturated carbocycles. The van der Waals surface area contributed by atoms with Gasteiger partial charge in [-0.2, -0.15) is 0 Å². The molecule has 2 rings (SSSR count). The molecule has 0 bridgehead atoms. The van der Waals surface area contributed by atoms with Crippen molar-refractivity contribution in [3.63, 3.8) is 0 Å². The van der Waals surface area contributed by atoms with Gasteiger partial charge < -0.3 is 5.73 Å². The second kappa shape index (κ2) is 4.74. The summed E-state index contributed by atoms with van der Waals surface area (Å²) in [5.41, 5.74) is 5.95. The number of carbonyl (C=O) groups is 1. The van der Waals surface area contributed by atoms with Crippen LogP contribution in [0.5, 0.6) is 0 Å². The van der Waals surface area contributed by atoms with Gasteiger partial charge in [0.25, 0.3) is 0 Å². The Bertz CT molecular complexity index is 608. The van der Waals surface area contributed by atoms with Crippen LogP contribution in [0.4, 0.5) is 14.5 Å². The molecule has 0 unspecified atom stereocenters. The molecule has 0 aliphatic carbocycles. The molecule has 0 spiro atoms. The third-order valence-electron chi connectivity index (χ3n) is 2.38. The number of benzene rings is 2. The summed E-state index contributed by atoms with van der Waals surface area (Å²) < 4.78 is 26.0. The van der Waals surface area contributed by atoms with Crippen LogP contribution < -0.4 is 5.73 Å². The summed E-state index contributed by atoms with van der Waals surface area (Å²) in [6, 6.07) is 6.91. The highest BCUT2D eigenvalue weighted by atomic mass is 35.5. The van der Waals surface area contributed by atoms with Gasteiger partial charge in [-0.3, -0.25) is 4.79 Å². The van der Waals surface area contributed by atoms with Crippen molar-refractivity contribution in [2.45, 2.75) is 0 Å². The first-order chi connectivity index (χ1) is 8.47. The van der Waals surface area contributed by atoms with Gasteiger partial charge >= 0.3 is 0 Å². The van der Waals surface area contributed by atoms with Crippen molar-refractivity contribution < 1.29 is 13.6 Å². The van der Waals surface area contributed by atoms with E-state index in [1.54, 1.807) is 0 Å². The Morgan fingerprint density at radius 1 is 1.00 bits per heavy atom. The molecule has 0 amide bonds. The van der Waals surface area contributed by atoms with Crippen molar-refractivity contribution in [2.24, 2.45) is 0 Å². The van der Waals surface area contributed by atoms with Gasteiger partial charge in [0.15, 0.2) is 5.78 Å². The maximum absolute atomic E-state index is 13.0. The quantitative estimate of drug-likeness (QED) is 0.669. The summed E-state index contributed by atoms with van der Waals surface area (Å²) in [7, 11) is 0. The molecular weight excluding hydrogens is 260 g/mol. The SMILES string of the molecule is Nc1cc(C(=O)c2cc(F)cc(F)c2)ccc1Cl. The first-order valence-corrected chi connectivity index (χ1v) is 5.41. The van der Waals surface area contributed by atoms with E-state index in [1.165, 1.54) is 18.2 Å². The van der Waals surface area contributed by atoms with Crippen LogP contribution >= 0.6 is 11.6 Å². The summed E-state index contributed by atoms with van der Waals surface area (Å²) >= 11 is 5.73. The number of halogens is 3. The third-order valence-corrected chi connectivity index (χ3v) is 2.73. The highest BCUT2D eigenvalue weighted by Crippen LogP contribution is 2.21. The van der Waals surface area contributed by atoms with E-state index in [1.807, 2.05) is 0 Å². The Labute approximate surface area is 107 Å². The number of hydrogen-bond acceptors (Lipinski definition) is 2. The van der Waals surface area contributed by atoms with E-state index in [-0.39, 0.29) is 16.8 Å². The van der Waals surface area contributed by atoms with Crippen LogP contribution in [0.2, 0.25) is 5.02 Å². The second-order valence-electron chi connectivity index (χ2n) is 3.72. The molecule has 2 nitrogen and oxygen atoms in total. The first-order valence-electron chi connectivity index (χ1n) is 5.03. The minimum atomic E-state index is -0.805. The Morgan fingerprint density at radius 3 is 2.17 bits per heavy atom. The van der Waals surface area contributed by atoms with E-state index in [9.17, 15) is 13.6 Å². The van der Waals surface area contributed by atoms with Crippen LogP contribution in [0.15, 0.2) is 36.4 Å². The maximum atomic E-state index is 13.0. The molecule has 2 aromatic rings. The lowest BCUT2D eigenvalue weighted by Gasteiger charge is -2.04. The molecule has 0 radical (unpaired) electrons. The number of carbonyl (C=O) groups excluding carboxylic acids is 1. The lowest BCUT2D eigenvalue weighted by Crippen LogP contribution is -2.03. The predicted octanol–water partition coefficient (Wildman–Crippen LogP) is 3.43. The smallest absolute Gasteiger partial charge is 0.193 e. The largest absolute Gasteiger partial charge is 0.398 e. The van der Waals surface area contributed by atoms with E-state index >= 15 is 0 Å².